The predicted octanol–water partition coefficient (Wildman–Crippen LogP) is 2.76. The van der Waals surface area contributed by atoms with Crippen molar-refractivity contribution in [3.8, 4) is 0 Å². The lowest BCUT2D eigenvalue weighted by Crippen LogP contribution is -2.60. The van der Waals surface area contributed by atoms with E-state index in [9.17, 15) is 14.9 Å². The number of nitrogens with one attached hydrogen (secondary N) is 1. The molecule has 2 aromatic carbocycles. The molecule has 2 aromatic rings. The summed E-state index contributed by atoms with van der Waals surface area (Å²) in [5.74, 6) is -0.290. The van der Waals surface area contributed by atoms with Gasteiger partial charge in [-0.3, -0.25) is 19.8 Å². The monoisotopic (exact) mass is 406 g/mol. The van der Waals surface area contributed by atoms with Crippen LogP contribution < -0.4 is 10.2 Å². The van der Waals surface area contributed by atoms with Gasteiger partial charge in [-0.2, -0.15) is 0 Å². The van der Waals surface area contributed by atoms with Crippen LogP contribution in [0.2, 0.25) is 0 Å². The number of non-ortho nitro benzene ring substituents is 1. The van der Waals surface area contributed by atoms with E-state index in [2.05, 4.69) is 33.8 Å². The zero-order valence-electron chi connectivity index (χ0n) is 16.9. The summed E-state index contributed by atoms with van der Waals surface area (Å²) in [6.45, 7) is 7.38. The van der Waals surface area contributed by atoms with Crippen molar-refractivity contribution in [1.82, 2.24) is 10.2 Å². The standard InChI is InChI=1S/C23H26N4O3/c1-2-10-24-23(28)20-14-18-13-19(27(29)30)8-9-21(18)26-12-11-25(16-22(20)26)15-17-6-4-3-5-7-17/h2-9,13,20,22H,1,10-12,14-16H2,(H,24,28)/t20-,22+/m0/s1. The molecule has 4 rings (SSSR count). The molecule has 0 aromatic heterocycles. The number of carbonyl (C=O) groups excluding carboxylic acids is 1. The molecule has 156 valence electrons. The summed E-state index contributed by atoms with van der Waals surface area (Å²) in [6, 6.07) is 15.4. The first-order valence-electron chi connectivity index (χ1n) is 10.3. The van der Waals surface area contributed by atoms with Crippen LogP contribution >= 0.6 is 0 Å². The maximum Gasteiger partial charge on any atom is 0.269 e. The van der Waals surface area contributed by atoms with Gasteiger partial charge in [-0.15, -0.1) is 6.58 Å². The first kappa shape index (κ1) is 20.1. The molecule has 0 spiro atoms. The minimum absolute atomic E-state index is 0.0244. The van der Waals surface area contributed by atoms with Gasteiger partial charge in [-0.05, 0) is 23.6 Å². The van der Waals surface area contributed by atoms with Crippen molar-refractivity contribution >= 4 is 17.3 Å². The number of benzene rings is 2. The van der Waals surface area contributed by atoms with Crippen molar-refractivity contribution < 1.29 is 9.72 Å². The Kier molecular flexibility index (Phi) is 5.81. The van der Waals surface area contributed by atoms with Gasteiger partial charge in [0.15, 0.2) is 0 Å². The summed E-state index contributed by atoms with van der Waals surface area (Å²) in [4.78, 5) is 28.5. The van der Waals surface area contributed by atoms with E-state index >= 15 is 0 Å². The minimum Gasteiger partial charge on any atom is -0.365 e. The molecular weight excluding hydrogens is 380 g/mol. The number of anilines is 1. The third-order valence-electron chi connectivity index (χ3n) is 6.00. The third kappa shape index (κ3) is 4.07. The van der Waals surface area contributed by atoms with Crippen LogP contribution in [0.3, 0.4) is 0 Å². The highest BCUT2D eigenvalue weighted by Gasteiger charge is 2.41. The molecule has 1 saturated heterocycles. The van der Waals surface area contributed by atoms with Crippen molar-refractivity contribution in [2.24, 2.45) is 5.92 Å². The van der Waals surface area contributed by atoms with Crippen molar-refractivity contribution in [3.05, 3.63) is 82.4 Å². The molecule has 0 unspecified atom stereocenters. The smallest absolute Gasteiger partial charge is 0.269 e. The van der Waals surface area contributed by atoms with Crippen LogP contribution in [0.15, 0.2) is 61.2 Å². The highest BCUT2D eigenvalue weighted by Crippen LogP contribution is 2.38. The summed E-state index contributed by atoms with van der Waals surface area (Å²) >= 11 is 0. The maximum absolute atomic E-state index is 13.0. The summed E-state index contributed by atoms with van der Waals surface area (Å²) < 4.78 is 0. The molecule has 0 radical (unpaired) electrons. The lowest BCUT2D eigenvalue weighted by atomic mass is 9.83. The van der Waals surface area contributed by atoms with E-state index in [1.165, 1.54) is 5.56 Å². The fourth-order valence-corrected chi connectivity index (χ4v) is 4.57. The van der Waals surface area contributed by atoms with E-state index in [-0.39, 0.29) is 28.5 Å². The van der Waals surface area contributed by atoms with Crippen LogP contribution in [-0.2, 0) is 17.8 Å². The van der Waals surface area contributed by atoms with Crippen LogP contribution in [0.1, 0.15) is 11.1 Å². The van der Waals surface area contributed by atoms with E-state index in [0.29, 0.717) is 13.0 Å². The average Bonchev–Trinajstić information content (AvgIpc) is 2.77. The SMILES string of the molecule is C=CCNC(=O)[C@H]1Cc2cc([N+](=O)[O-])ccc2N2CCN(Cc3ccccc3)C[C@H]12. The van der Waals surface area contributed by atoms with Gasteiger partial charge in [0.05, 0.1) is 16.9 Å². The summed E-state index contributed by atoms with van der Waals surface area (Å²) in [7, 11) is 0. The number of nitrogens with zero attached hydrogens (tertiary/aromatic N) is 3. The third-order valence-corrected chi connectivity index (χ3v) is 6.00. The fourth-order valence-electron chi connectivity index (χ4n) is 4.57. The van der Waals surface area contributed by atoms with E-state index < -0.39 is 0 Å². The molecule has 2 aliphatic heterocycles. The zero-order valence-corrected chi connectivity index (χ0v) is 16.9. The number of amides is 1. The molecule has 30 heavy (non-hydrogen) atoms. The van der Waals surface area contributed by atoms with Crippen molar-refractivity contribution in [1.29, 1.82) is 0 Å². The quantitative estimate of drug-likeness (QED) is 0.453. The lowest BCUT2D eigenvalue weighted by Gasteiger charge is -2.49. The number of carbonyl (C=O) groups is 1. The molecule has 2 heterocycles. The highest BCUT2D eigenvalue weighted by atomic mass is 16.6. The maximum atomic E-state index is 13.0. The number of fused-ring (bicyclic) bond motifs is 3. The molecule has 0 bridgehead atoms. The Morgan fingerprint density at radius 3 is 2.77 bits per heavy atom. The number of rotatable bonds is 6. The molecule has 1 N–H and O–H groups in total. The molecule has 1 amide bonds. The average molecular weight is 406 g/mol. The van der Waals surface area contributed by atoms with Gasteiger partial charge in [0, 0.05) is 50.5 Å². The molecular formula is C23H26N4O3. The summed E-state index contributed by atoms with van der Waals surface area (Å²) in [5, 5.41) is 14.2. The molecule has 0 saturated carbocycles. The number of piperazine rings is 1. The fraction of sp³-hybridized carbons (Fsp3) is 0.348. The van der Waals surface area contributed by atoms with E-state index in [0.717, 1.165) is 37.4 Å². The Bertz CT molecular complexity index is 947. The topological polar surface area (TPSA) is 78.7 Å². The van der Waals surface area contributed by atoms with Crippen LogP contribution in [0.25, 0.3) is 0 Å². The Labute approximate surface area is 176 Å². The Morgan fingerprint density at radius 2 is 2.03 bits per heavy atom. The van der Waals surface area contributed by atoms with Gasteiger partial charge in [-0.1, -0.05) is 36.4 Å². The van der Waals surface area contributed by atoms with Gasteiger partial charge in [-0.25, -0.2) is 0 Å². The van der Waals surface area contributed by atoms with Gasteiger partial charge < -0.3 is 10.2 Å². The highest BCUT2D eigenvalue weighted by molar-refractivity contribution is 5.82. The first-order chi connectivity index (χ1) is 14.6. The number of nitro groups is 1. The van der Waals surface area contributed by atoms with Crippen molar-refractivity contribution in [3.63, 3.8) is 0 Å². The normalized spacial score (nSPS) is 20.7. The molecule has 7 heteroatoms. The Hall–Kier alpha value is -3.19. The zero-order chi connectivity index (χ0) is 21.1. The van der Waals surface area contributed by atoms with Crippen LogP contribution in [0.5, 0.6) is 0 Å². The second-order valence-corrected chi connectivity index (χ2v) is 7.90. The number of hydrogen-bond acceptors (Lipinski definition) is 5. The van der Waals surface area contributed by atoms with Crippen molar-refractivity contribution in [2.45, 2.75) is 19.0 Å². The summed E-state index contributed by atoms with van der Waals surface area (Å²) in [6.07, 6.45) is 2.17. The largest absolute Gasteiger partial charge is 0.365 e. The van der Waals surface area contributed by atoms with E-state index in [1.807, 2.05) is 24.3 Å². The predicted molar refractivity (Wildman–Crippen MR) is 116 cm³/mol. The van der Waals surface area contributed by atoms with E-state index in [1.54, 1.807) is 18.2 Å². The molecule has 2 atom stereocenters. The van der Waals surface area contributed by atoms with Crippen LogP contribution in [0, 0.1) is 16.0 Å². The molecule has 1 fully saturated rings. The number of hydrogen-bond donors (Lipinski definition) is 1. The van der Waals surface area contributed by atoms with Gasteiger partial charge in [0.1, 0.15) is 0 Å². The second-order valence-electron chi connectivity index (χ2n) is 7.90. The second kappa shape index (κ2) is 8.67. The van der Waals surface area contributed by atoms with Crippen molar-refractivity contribution in [2.75, 3.05) is 31.1 Å². The lowest BCUT2D eigenvalue weighted by molar-refractivity contribution is -0.384. The van der Waals surface area contributed by atoms with Gasteiger partial charge in [0.25, 0.3) is 5.69 Å². The van der Waals surface area contributed by atoms with Crippen LogP contribution in [-0.4, -0.2) is 48.0 Å². The molecule has 7 nitrogen and oxygen atoms in total. The Morgan fingerprint density at radius 1 is 1.23 bits per heavy atom. The van der Waals surface area contributed by atoms with Gasteiger partial charge in [0.2, 0.25) is 5.91 Å². The number of nitro benzene ring substituents is 1. The summed E-state index contributed by atoms with van der Waals surface area (Å²) in [5.41, 5.74) is 3.21. The molecule has 2 aliphatic rings. The molecule has 0 aliphatic carbocycles. The van der Waals surface area contributed by atoms with E-state index in [4.69, 9.17) is 0 Å². The Balaban J connectivity index is 1.61. The minimum atomic E-state index is -0.378. The van der Waals surface area contributed by atoms with Gasteiger partial charge >= 0.3 is 0 Å². The first-order valence-corrected chi connectivity index (χ1v) is 10.3. The van der Waals surface area contributed by atoms with Crippen LogP contribution in [0.4, 0.5) is 11.4 Å².